The van der Waals surface area contributed by atoms with Crippen molar-refractivity contribution in [3.8, 4) is 17.6 Å². The maximum atomic E-state index is 6.11. The van der Waals surface area contributed by atoms with Gasteiger partial charge in [-0.25, -0.2) is 0 Å². The van der Waals surface area contributed by atoms with E-state index in [4.69, 9.17) is 22.1 Å². The third-order valence-electron chi connectivity index (χ3n) is 2.24. The molecule has 0 aliphatic heterocycles. The van der Waals surface area contributed by atoms with Gasteiger partial charge in [0.05, 0.1) is 5.02 Å². The third kappa shape index (κ3) is 5.00. The fourth-order valence-electron chi connectivity index (χ4n) is 1.33. The van der Waals surface area contributed by atoms with E-state index in [0.29, 0.717) is 17.4 Å². The van der Waals surface area contributed by atoms with Gasteiger partial charge in [-0.15, -0.1) is 0 Å². The van der Waals surface area contributed by atoms with E-state index in [1.165, 1.54) is 0 Å². The molecule has 1 aromatic rings. The summed E-state index contributed by atoms with van der Waals surface area (Å²) in [5.41, 5.74) is 6.77. The molecule has 0 spiro atoms. The van der Waals surface area contributed by atoms with Crippen LogP contribution >= 0.6 is 11.6 Å². The minimum atomic E-state index is -0.0303. The SMILES string of the molecule is C[C@H](N)c1ccc(OCC#CC(C)(C)C)c(Cl)c1. The molecule has 0 aliphatic carbocycles. The van der Waals surface area contributed by atoms with Crippen LogP contribution in [0.15, 0.2) is 18.2 Å². The number of halogens is 1. The van der Waals surface area contributed by atoms with Crippen molar-refractivity contribution in [3.05, 3.63) is 28.8 Å². The van der Waals surface area contributed by atoms with E-state index in [1.54, 1.807) is 0 Å². The molecular weight excluding hydrogens is 246 g/mol. The minimum absolute atomic E-state index is 0.00794. The van der Waals surface area contributed by atoms with E-state index in [-0.39, 0.29) is 11.5 Å². The monoisotopic (exact) mass is 265 g/mol. The second-order valence-electron chi connectivity index (χ2n) is 5.32. The predicted molar refractivity (Wildman–Crippen MR) is 76.8 cm³/mol. The molecule has 0 saturated heterocycles. The topological polar surface area (TPSA) is 35.2 Å². The Morgan fingerprint density at radius 3 is 2.56 bits per heavy atom. The lowest BCUT2D eigenvalue weighted by atomic mass is 9.98. The Morgan fingerprint density at radius 1 is 1.39 bits per heavy atom. The number of hydrogen-bond donors (Lipinski definition) is 1. The van der Waals surface area contributed by atoms with E-state index < -0.39 is 0 Å². The van der Waals surface area contributed by atoms with E-state index in [9.17, 15) is 0 Å². The lowest BCUT2D eigenvalue weighted by Crippen LogP contribution is -2.05. The van der Waals surface area contributed by atoms with Gasteiger partial charge in [-0.3, -0.25) is 0 Å². The highest BCUT2D eigenvalue weighted by Gasteiger charge is 2.06. The van der Waals surface area contributed by atoms with Crippen LogP contribution in [0.3, 0.4) is 0 Å². The summed E-state index contributed by atoms with van der Waals surface area (Å²) in [6, 6.07) is 5.55. The van der Waals surface area contributed by atoms with Crippen molar-refractivity contribution in [1.82, 2.24) is 0 Å². The van der Waals surface area contributed by atoms with Crippen molar-refractivity contribution in [2.75, 3.05) is 6.61 Å². The van der Waals surface area contributed by atoms with Gasteiger partial charge >= 0.3 is 0 Å². The van der Waals surface area contributed by atoms with Crippen molar-refractivity contribution in [3.63, 3.8) is 0 Å². The molecule has 0 aromatic heterocycles. The number of hydrogen-bond acceptors (Lipinski definition) is 2. The van der Waals surface area contributed by atoms with Crippen LogP contribution in [0.5, 0.6) is 5.75 Å². The summed E-state index contributed by atoms with van der Waals surface area (Å²) in [7, 11) is 0. The first-order valence-electron chi connectivity index (χ1n) is 5.97. The molecular formula is C15H20ClNO. The molecule has 1 rings (SSSR count). The summed E-state index contributed by atoms with van der Waals surface area (Å²) >= 11 is 6.11. The largest absolute Gasteiger partial charge is 0.479 e. The number of rotatable bonds is 3. The first-order valence-corrected chi connectivity index (χ1v) is 6.35. The van der Waals surface area contributed by atoms with E-state index in [1.807, 2.05) is 25.1 Å². The maximum Gasteiger partial charge on any atom is 0.149 e. The molecule has 0 heterocycles. The lowest BCUT2D eigenvalue weighted by Gasteiger charge is -2.10. The van der Waals surface area contributed by atoms with E-state index in [2.05, 4.69) is 32.6 Å². The Labute approximate surface area is 114 Å². The quantitative estimate of drug-likeness (QED) is 0.844. The van der Waals surface area contributed by atoms with Crippen molar-refractivity contribution < 1.29 is 4.74 Å². The average Bonchev–Trinajstić information content (AvgIpc) is 2.24. The Balaban J connectivity index is 2.66. The molecule has 0 bridgehead atoms. The first-order chi connectivity index (χ1) is 8.29. The summed E-state index contributed by atoms with van der Waals surface area (Å²) in [5.74, 6) is 6.73. The molecule has 18 heavy (non-hydrogen) atoms. The van der Waals surface area contributed by atoms with Gasteiger partial charge in [-0.05, 0) is 45.4 Å². The van der Waals surface area contributed by atoms with Crippen molar-refractivity contribution in [1.29, 1.82) is 0 Å². The normalized spacial score (nSPS) is 12.6. The molecule has 1 atom stereocenters. The van der Waals surface area contributed by atoms with Crippen LogP contribution in [0.25, 0.3) is 0 Å². The third-order valence-corrected chi connectivity index (χ3v) is 2.54. The fraction of sp³-hybridized carbons (Fsp3) is 0.467. The molecule has 0 saturated carbocycles. The summed E-state index contributed by atoms with van der Waals surface area (Å²) in [6.45, 7) is 8.44. The fourth-order valence-corrected chi connectivity index (χ4v) is 1.58. The second-order valence-corrected chi connectivity index (χ2v) is 5.73. The lowest BCUT2D eigenvalue weighted by molar-refractivity contribution is 0.369. The van der Waals surface area contributed by atoms with Gasteiger partial charge in [0.2, 0.25) is 0 Å². The molecule has 0 aliphatic rings. The Morgan fingerprint density at radius 2 is 2.06 bits per heavy atom. The minimum Gasteiger partial charge on any atom is -0.479 e. The summed E-state index contributed by atoms with van der Waals surface area (Å²) < 4.78 is 5.52. The van der Waals surface area contributed by atoms with Gasteiger partial charge < -0.3 is 10.5 Å². The van der Waals surface area contributed by atoms with Gasteiger partial charge in [-0.2, -0.15) is 0 Å². The zero-order valence-corrected chi connectivity index (χ0v) is 12.1. The summed E-state index contributed by atoms with van der Waals surface area (Å²) in [5, 5.41) is 0.572. The smallest absolute Gasteiger partial charge is 0.149 e. The molecule has 0 amide bonds. The van der Waals surface area contributed by atoms with Crippen LogP contribution in [-0.4, -0.2) is 6.61 Å². The Kier molecular flexibility index (Phi) is 5.07. The van der Waals surface area contributed by atoms with E-state index in [0.717, 1.165) is 5.56 Å². The van der Waals surface area contributed by atoms with Crippen LogP contribution < -0.4 is 10.5 Å². The van der Waals surface area contributed by atoms with Crippen molar-refractivity contribution >= 4 is 11.6 Å². The molecule has 3 heteroatoms. The van der Waals surface area contributed by atoms with Crippen LogP contribution in [-0.2, 0) is 0 Å². The average molecular weight is 266 g/mol. The molecule has 0 fully saturated rings. The molecule has 2 nitrogen and oxygen atoms in total. The highest BCUT2D eigenvalue weighted by Crippen LogP contribution is 2.27. The molecule has 98 valence electrons. The van der Waals surface area contributed by atoms with Crippen LogP contribution in [0, 0.1) is 17.3 Å². The Bertz CT molecular complexity index is 464. The molecule has 2 N–H and O–H groups in total. The number of ether oxygens (including phenoxy) is 1. The first kappa shape index (κ1) is 14.9. The van der Waals surface area contributed by atoms with Gasteiger partial charge in [0.1, 0.15) is 12.4 Å². The zero-order chi connectivity index (χ0) is 13.8. The van der Waals surface area contributed by atoms with Crippen molar-refractivity contribution in [2.45, 2.75) is 33.7 Å². The highest BCUT2D eigenvalue weighted by molar-refractivity contribution is 6.32. The predicted octanol–water partition coefficient (Wildman–Crippen LogP) is 3.79. The summed E-state index contributed by atoms with van der Waals surface area (Å²) in [4.78, 5) is 0. The second kappa shape index (κ2) is 6.13. The van der Waals surface area contributed by atoms with Crippen LogP contribution in [0.2, 0.25) is 5.02 Å². The summed E-state index contributed by atoms with van der Waals surface area (Å²) in [6.07, 6.45) is 0. The number of benzene rings is 1. The Hall–Kier alpha value is -1.17. The molecule has 0 unspecified atom stereocenters. The standard InChI is InChI=1S/C15H20ClNO/c1-11(17)12-6-7-14(13(16)10-12)18-9-5-8-15(2,3)4/h6-7,10-11H,9,17H2,1-4H3/t11-/m0/s1. The van der Waals surface area contributed by atoms with Gasteiger partial charge in [0, 0.05) is 11.5 Å². The molecule has 0 radical (unpaired) electrons. The van der Waals surface area contributed by atoms with Crippen LogP contribution in [0.1, 0.15) is 39.3 Å². The maximum absolute atomic E-state index is 6.11. The van der Waals surface area contributed by atoms with Gasteiger partial charge in [0.25, 0.3) is 0 Å². The number of nitrogens with two attached hydrogens (primary N) is 1. The van der Waals surface area contributed by atoms with Crippen molar-refractivity contribution in [2.24, 2.45) is 11.1 Å². The van der Waals surface area contributed by atoms with E-state index >= 15 is 0 Å². The molecule has 1 aromatic carbocycles. The van der Waals surface area contributed by atoms with Crippen LogP contribution in [0.4, 0.5) is 0 Å². The highest BCUT2D eigenvalue weighted by atomic mass is 35.5. The zero-order valence-electron chi connectivity index (χ0n) is 11.4. The van der Waals surface area contributed by atoms with Gasteiger partial charge in [0.15, 0.2) is 0 Å². The van der Waals surface area contributed by atoms with Gasteiger partial charge in [-0.1, -0.05) is 29.5 Å².